The highest BCUT2D eigenvalue weighted by atomic mass is 35.5. The SMILES string of the molecule is O=C(c1ccc(F)cc1Cl)N(Cc1cccnc1)c1nc2c(F)cc(F)cc2s1. The van der Waals surface area contributed by atoms with Crippen LogP contribution in [-0.2, 0) is 6.54 Å². The highest BCUT2D eigenvalue weighted by molar-refractivity contribution is 7.22. The average Bonchev–Trinajstić information content (AvgIpc) is 3.10. The van der Waals surface area contributed by atoms with Crippen LogP contribution in [0.25, 0.3) is 10.2 Å². The van der Waals surface area contributed by atoms with Gasteiger partial charge in [0, 0.05) is 18.5 Å². The lowest BCUT2D eigenvalue weighted by Crippen LogP contribution is -2.30. The lowest BCUT2D eigenvalue weighted by Gasteiger charge is -2.20. The molecule has 2 heterocycles. The van der Waals surface area contributed by atoms with E-state index in [-0.39, 0.29) is 32.5 Å². The number of pyridine rings is 1. The summed E-state index contributed by atoms with van der Waals surface area (Å²) < 4.78 is 41.3. The molecule has 0 aliphatic heterocycles. The number of amides is 1. The molecule has 4 aromatic rings. The molecule has 0 saturated heterocycles. The normalized spacial score (nSPS) is 11.0. The van der Waals surface area contributed by atoms with Crippen molar-refractivity contribution in [3.8, 4) is 0 Å². The molecule has 9 heteroatoms. The van der Waals surface area contributed by atoms with Gasteiger partial charge in [0.1, 0.15) is 17.2 Å². The Labute approximate surface area is 172 Å². The zero-order valence-electron chi connectivity index (χ0n) is 14.6. The molecule has 0 unspecified atom stereocenters. The average molecular weight is 434 g/mol. The van der Waals surface area contributed by atoms with Gasteiger partial charge in [-0.05, 0) is 35.9 Å². The molecular formula is C20H11ClF3N3OS. The fraction of sp³-hybridized carbons (Fsp3) is 0.0500. The van der Waals surface area contributed by atoms with Crippen LogP contribution < -0.4 is 4.90 Å². The molecular weight excluding hydrogens is 423 g/mol. The number of aromatic nitrogens is 2. The minimum absolute atomic E-state index is 0.0411. The summed E-state index contributed by atoms with van der Waals surface area (Å²) in [5.74, 6) is -2.70. The van der Waals surface area contributed by atoms with Crippen LogP contribution in [0.3, 0.4) is 0 Å². The molecule has 4 rings (SSSR count). The van der Waals surface area contributed by atoms with Gasteiger partial charge >= 0.3 is 0 Å². The van der Waals surface area contributed by atoms with E-state index in [1.165, 1.54) is 11.0 Å². The van der Waals surface area contributed by atoms with Crippen LogP contribution in [-0.4, -0.2) is 15.9 Å². The molecule has 146 valence electrons. The van der Waals surface area contributed by atoms with Crippen LogP contribution in [0.15, 0.2) is 54.9 Å². The number of fused-ring (bicyclic) bond motifs is 1. The van der Waals surface area contributed by atoms with Gasteiger partial charge in [0.05, 0.1) is 21.8 Å². The number of carbonyl (C=O) groups excluding carboxylic acids is 1. The molecule has 29 heavy (non-hydrogen) atoms. The quantitative estimate of drug-likeness (QED) is 0.420. The van der Waals surface area contributed by atoms with Gasteiger partial charge < -0.3 is 0 Å². The van der Waals surface area contributed by atoms with E-state index < -0.39 is 23.4 Å². The number of benzene rings is 2. The predicted molar refractivity (Wildman–Crippen MR) is 106 cm³/mol. The lowest BCUT2D eigenvalue weighted by atomic mass is 10.2. The van der Waals surface area contributed by atoms with Crippen LogP contribution in [0.1, 0.15) is 15.9 Å². The molecule has 2 aromatic carbocycles. The third-order valence-electron chi connectivity index (χ3n) is 4.10. The van der Waals surface area contributed by atoms with Crippen LogP contribution >= 0.6 is 22.9 Å². The van der Waals surface area contributed by atoms with Crippen molar-refractivity contribution in [3.63, 3.8) is 0 Å². The van der Waals surface area contributed by atoms with E-state index in [9.17, 15) is 18.0 Å². The summed E-state index contributed by atoms with van der Waals surface area (Å²) in [5.41, 5.74) is 0.702. The second-order valence-corrected chi connectivity index (χ2v) is 7.52. The molecule has 4 nitrogen and oxygen atoms in total. The Hall–Kier alpha value is -2.97. The number of hydrogen-bond donors (Lipinski definition) is 0. The maximum absolute atomic E-state index is 14.1. The van der Waals surface area contributed by atoms with Gasteiger partial charge in [-0.1, -0.05) is 29.0 Å². The minimum atomic E-state index is -0.823. The molecule has 0 saturated carbocycles. The standard InChI is InChI=1S/C20H11ClF3N3OS/c21-15-6-12(22)3-4-14(15)19(28)27(10-11-2-1-5-25-9-11)20-26-18-16(24)7-13(23)8-17(18)29-20/h1-9H,10H2. The number of anilines is 1. The first-order valence-electron chi connectivity index (χ1n) is 8.34. The highest BCUT2D eigenvalue weighted by Gasteiger charge is 2.25. The number of halogens is 4. The van der Waals surface area contributed by atoms with Crippen LogP contribution in [0.4, 0.5) is 18.3 Å². The van der Waals surface area contributed by atoms with Gasteiger partial charge in [-0.2, -0.15) is 0 Å². The van der Waals surface area contributed by atoms with E-state index in [0.717, 1.165) is 35.6 Å². The van der Waals surface area contributed by atoms with Gasteiger partial charge in [-0.25, -0.2) is 18.2 Å². The summed E-state index contributed by atoms with van der Waals surface area (Å²) in [6, 6.07) is 8.76. The van der Waals surface area contributed by atoms with Gasteiger partial charge in [-0.3, -0.25) is 14.7 Å². The monoisotopic (exact) mass is 433 g/mol. The first-order valence-corrected chi connectivity index (χ1v) is 9.53. The van der Waals surface area contributed by atoms with Crippen molar-refractivity contribution >= 4 is 44.2 Å². The summed E-state index contributed by atoms with van der Waals surface area (Å²) in [5, 5.41) is 0.0864. The van der Waals surface area contributed by atoms with Crippen LogP contribution in [0.5, 0.6) is 0 Å². The van der Waals surface area contributed by atoms with E-state index in [2.05, 4.69) is 9.97 Å². The Kier molecular flexibility index (Phi) is 5.21. The first kappa shape index (κ1) is 19.4. The Morgan fingerprint density at radius 3 is 2.66 bits per heavy atom. The summed E-state index contributed by atoms with van der Waals surface area (Å²) in [4.78, 5) is 22.7. The number of rotatable bonds is 4. The van der Waals surface area contributed by atoms with E-state index in [1.807, 2.05) is 0 Å². The largest absolute Gasteiger partial charge is 0.279 e. The second kappa shape index (κ2) is 7.81. The molecule has 0 radical (unpaired) electrons. The second-order valence-electron chi connectivity index (χ2n) is 6.11. The van der Waals surface area contributed by atoms with Crippen molar-refractivity contribution in [2.45, 2.75) is 6.54 Å². The number of carbonyl (C=O) groups is 1. The molecule has 0 atom stereocenters. The molecule has 0 bridgehead atoms. The molecule has 2 aromatic heterocycles. The molecule has 0 spiro atoms. The third-order valence-corrected chi connectivity index (χ3v) is 5.44. The van der Waals surface area contributed by atoms with Crippen LogP contribution in [0, 0.1) is 17.5 Å². The predicted octanol–water partition coefficient (Wildman–Crippen LogP) is 5.61. The Morgan fingerprint density at radius 2 is 1.93 bits per heavy atom. The number of hydrogen-bond acceptors (Lipinski definition) is 4. The Balaban J connectivity index is 1.82. The van der Waals surface area contributed by atoms with Gasteiger partial charge in [0.2, 0.25) is 0 Å². The van der Waals surface area contributed by atoms with Gasteiger partial charge in [0.25, 0.3) is 5.91 Å². The zero-order chi connectivity index (χ0) is 20.5. The van der Waals surface area contributed by atoms with E-state index >= 15 is 0 Å². The number of thiazole rings is 1. The summed E-state index contributed by atoms with van der Waals surface area (Å²) >= 11 is 7.02. The van der Waals surface area contributed by atoms with Crippen LogP contribution in [0.2, 0.25) is 5.02 Å². The van der Waals surface area contributed by atoms with Gasteiger partial charge in [0.15, 0.2) is 10.9 Å². The fourth-order valence-corrected chi connectivity index (χ4v) is 4.02. The molecule has 0 aliphatic rings. The van der Waals surface area contributed by atoms with E-state index in [1.54, 1.807) is 24.5 Å². The van der Waals surface area contributed by atoms with E-state index in [4.69, 9.17) is 11.6 Å². The fourth-order valence-electron chi connectivity index (χ4n) is 2.77. The number of nitrogens with zero attached hydrogens (tertiary/aromatic N) is 3. The molecule has 0 aliphatic carbocycles. The maximum atomic E-state index is 14.1. The smallest absolute Gasteiger partial charge is 0.261 e. The van der Waals surface area contributed by atoms with Gasteiger partial charge in [-0.15, -0.1) is 0 Å². The van der Waals surface area contributed by atoms with Crippen molar-refractivity contribution in [2.75, 3.05) is 4.90 Å². The topological polar surface area (TPSA) is 46.1 Å². The Bertz CT molecular complexity index is 1220. The molecule has 1 amide bonds. The minimum Gasteiger partial charge on any atom is -0.279 e. The molecule has 0 fully saturated rings. The van der Waals surface area contributed by atoms with Crippen molar-refractivity contribution in [2.24, 2.45) is 0 Å². The lowest BCUT2D eigenvalue weighted by molar-refractivity contribution is 0.0985. The summed E-state index contributed by atoms with van der Waals surface area (Å²) in [6.45, 7) is 0.0598. The van der Waals surface area contributed by atoms with Crippen molar-refractivity contribution < 1.29 is 18.0 Å². The Morgan fingerprint density at radius 1 is 1.10 bits per heavy atom. The highest BCUT2D eigenvalue weighted by Crippen LogP contribution is 2.33. The zero-order valence-corrected chi connectivity index (χ0v) is 16.1. The van der Waals surface area contributed by atoms with Crippen molar-refractivity contribution in [1.82, 2.24) is 9.97 Å². The van der Waals surface area contributed by atoms with E-state index in [0.29, 0.717) is 5.56 Å². The summed E-state index contributed by atoms with van der Waals surface area (Å²) in [6.07, 6.45) is 3.16. The maximum Gasteiger partial charge on any atom is 0.261 e. The summed E-state index contributed by atoms with van der Waals surface area (Å²) in [7, 11) is 0. The van der Waals surface area contributed by atoms with Crippen molar-refractivity contribution in [3.05, 3.63) is 88.5 Å². The molecule has 0 N–H and O–H groups in total. The van der Waals surface area contributed by atoms with Crippen molar-refractivity contribution in [1.29, 1.82) is 0 Å². The third kappa shape index (κ3) is 3.94. The first-order chi connectivity index (χ1) is 13.9.